The lowest BCUT2D eigenvalue weighted by Gasteiger charge is -2.37. The highest BCUT2D eigenvalue weighted by atomic mass is 16.5. The fraction of sp³-hybridized carbons (Fsp3) is 0.419. The largest absolute Gasteiger partial charge is 0.505 e. The number of allylic oxidation sites excluding steroid dienone is 1. The van der Waals surface area contributed by atoms with Crippen LogP contribution >= 0.6 is 0 Å². The van der Waals surface area contributed by atoms with Crippen LogP contribution in [0.3, 0.4) is 0 Å². The predicted octanol–water partition coefficient (Wildman–Crippen LogP) is 4.67. The highest BCUT2D eigenvalue weighted by Gasteiger charge is 2.23. The van der Waals surface area contributed by atoms with E-state index in [-0.39, 0.29) is 17.7 Å². The quantitative estimate of drug-likeness (QED) is 0.0440. The van der Waals surface area contributed by atoms with Crippen molar-refractivity contribution < 1.29 is 9.53 Å². The molecule has 0 radical (unpaired) electrons. The smallest absolute Gasteiger partial charge is 0.251 e. The lowest BCUT2D eigenvalue weighted by molar-refractivity contribution is 0.0953. The van der Waals surface area contributed by atoms with Crippen LogP contribution in [0, 0.1) is 0 Å². The minimum Gasteiger partial charge on any atom is -0.505 e. The van der Waals surface area contributed by atoms with Gasteiger partial charge in [0, 0.05) is 48.9 Å². The first kappa shape index (κ1) is 30.4. The SMILES string of the molecule is C=CC(CCNC(=O)c1ccc(N(CC/C=C\OC)C2CCCCC2)c(N)c1)c1cc(/C(N)=N/N)ccc1NC. The van der Waals surface area contributed by atoms with Gasteiger partial charge in [-0.1, -0.05) is 25.3 Å². The van der Waals surface area contributed by atoms with Crippen molar-refractivity contribution in [3.8, 4) is 0 Å². The van der Waals surface area contributed by atoms with E-state index in [9.17, 15) is 4.79 Å². The Morgan fingerprint density at radius 3 is 2.60 bits per heavy atom. The molecule has 1 fully saturated rings. The van der Waals surface area contributed by atoms with Gasteiger partial charge in [-0.2, -0.15) is 5.10 Å². The van der Waals surface area contributed by atoms with Gasteiger partial charge in [0.25, 0.3) is 5.91 Å². The number of amides is 1. The number of nitrogens with zero attached hydrogens (tertiary/aromatic N) is 2. The van der Waals surface area contributed by atoms with Crippen LogP contribution in [0.1, 0.15) is 72.3 Å². The van der Waals surface area contributed by atoms with Crippen molar-refractivity contribution in [2.45, 2.75) is 56.9 Å². The molecular formula is C31H45N7O2. The number of methoxy groups -OCH3 is 1. The van der Waals surface area contributed by atoms with Crippen molar-refractivity contribution in [1.29, 1.82) is 0 Å². The Labute approximate surface area is 238 Å². The number of nitrogens with one attached hydrogen (secondary N) is 2. The Kier molecular flexibility index (Phi) is 11.7. The van der Waals surface area contributed by atoms with Gasteiger partial charge in [0.15, 0.2) is 0 Å². The van der Waals surface area contributed by atoms with Crippen molar-refractivity contribution in [3.05, 3.63) is 78.1 Å². The third kappa shape index (κ3) is 7.94. The number of nitrogens with two attached hydrogens (primary N) is 3. The summed E-state index contributed by atoms with van der Waals surface area (Å²) in [6.07, 6.45) is 13.2. The molecule has 2 aromatic rings. The minimum absolute atomic E-state index is 0.0167. The molecule has 0 spiro atoms. The normalized spacial score (nSPS) is 15.0. The predicted molar refractivity (Wildman–Crippen MR) is 167 cm³/mol. The molecule has 0 aromatic heterocycles. The van der Waals surface area contributed by atoms with E-state index in [4.69, 9.17) is 22.0 Å². The summed E-state index contributed by atoms with van der Waals surface area (Å²) in [5.74, 6) is 5.45. The van der Waals surface area contributed by atoms with Gasteiger partial charge in [-0.05, 0) is 73.7 Å². The summed E-state index contributed by atoms with van der Waals surface area (Å²) in [5.41, 5.74) is 17.3. The van der Waals surface area contributed by atoms with Gasteiger partial charge >= 0.3 is 0 Å². The average Bonchev–Trinajstić information content (AvgIpc) is 2.99. The Hall–Kier alpha value is -4.14. The molecule has 9 heteroatoms. The van der Waals surface area contributed by atoms with E-state index in [1.165, 1.54) is 19.3 Å². The molecule has 2 aromatic carbocycles. The Bertz CT molecular complexity index is 1190. The second-order valence-corrected chi connectivity index (χ2v) is 10.1. The van der Waals surface area contributed by atoms with Crippen molar-refractivity contribution >= 4 is 28.8 Å². The van der Waals surface area contributed by atoms with E-state index in [1.54, 1.807) is 19.4 Å². The highest BCUT2D eigenvalue weighted by molar-refractivity contribution is 5.98. The first-order chi connectivity index (χ1) is 19.4. The molecule has 0 bridgehead atoms. The summed E-state index contributed by atoms with van der Waals surface area (Å²) >= 11 is 0. The molecule has 216 valence electrons. The Balaban J connectivity index is 1.68. The summed E-state index contributed by atoms with van der Waals surface area (Å²) < 4.78 is 5.06. The number of ether oxygens (including phenoxy) is 1. The number of hydrazone groups is 1. The second kappa shape index (κ2) is 15.5. The summed E-state index contributed by atoms with van der Waals surface area (Å²) in [4.78, 5) is 15.5. The van der Waals surface area contributed by atoms with Crippen LogP contribution in [-0.4, -0.2) is 45.0 Å². The maximum atomic E-state index is 13.0. The first-order valence-corrected chi connectivity index (χ1v) is 14.0. The van der Waals surface area contributed by atoms with E-state index in [0.717, 1.165) is 48.3 Å². The first-order valence-electron chi connectivity index (χ1n) is 14.0. The molecule has 40 heavy (non-hydrogen) atoms. The van der Waals surface area contributed by atoms with Gasteiger partial charge in [-0.3, -0.25) is 4.79 Å². The lowest BCUT2D eigenvalue weighted by Crippen LogP contribution is -2.38. The molecule has 0 heterocycles. The molecule has 0 saturated heterocycles. The number of amidine groups is 1. The van der Waals surface area contributed by atoms with Gasteiger partial charge in [0.05, 0.1) is 24.7 Å². The van der Waals surface area contributed by atoms with Crippen molar-refractivity contribution in [2.75, 3.05) is 43.2 Å². The molecule has 1 aliphatic carbocycles. The molecule has 9 nitrogen and oxygen atoms in total. The van der Waals surface area contributed by atoms with Gasteiger partial charge in [-0.25, -0.2) is 0 Å². The number of nitrogen functional groups attached to an aromatic ring is 1. The Morgan fingerprint density at radius 1 is 1.20 bits per heavy atom. The van der Waals surface area contributed by atoms with Gasteiger partial charge in [0.2, 0.25) is 0 Å². The van der Waals surface area contributed by atoms with Crippen LogP contribution in [0.5, 0.6) is 0 Å². The molecule has 3 rings (SSSR count). The Morgan fingerprint density at radius 2 is 1.95 bits per heavy atom. The van der Waals surface area contributed by atoms with E-state index in [2.05, 4.69) is 27.2 Å². The van der Waals surface area contributed by atoms with Crippen LogP contribution in [0.15, 0.2) is 66.5 Å². The van der Waals surface area contributed by atoms with Gasteiger partial charge in [0.1, 0.15) is 5.84 Å². The maximum Gasteiger partial charge on any atom is 0.251 e. The van der Waals surface area contributed by atoms with Gasteiger partial charge < -0.3 is 37.6 Å². The molecule has 1 amide bonds. The molecule has 0 aliphatic heterocycles. The molecule has 1 saturated carbocycles. The number of anilines is 3. The summed E-state index contributed by atoms with van der Waals surface area (Å²) in [5, 5.41) is 9.85. The third-order valence-corrected chi connectivity index (χ3v) is 7.56. The summed E-state index contributed by atoms with van der Waals surface area (Å²) in [6.45, 7) is 5.32. The van der Waals surface area contributed by atoms with E-state index in [0.29, 0.717) is 30.3 Å². The van der Waals surface area contributed by atoms with E-state index < -0.39 is 0 Å². The average molecular weight is 548 g/mol. The molecule has 1 atom stereocenters. The number of carbonyl (C=O) groups is 1. The number of benzene rings is 2. The summed E-state index contributed by atoms with van der Waals surface area (Å²) in [7, 11) is 3.52. The molecule has 8 N–H and O–H groups in total. The van der Waals surface area contributed by atoms with Crippen molar-refractivity contribution in [3.63, 3.8) is 0 Å². The van der Waals surface area contributed by atoms with E-state index >= 15 is 0 Å². The van der Waals surface area contributed by atoms with Crippen molar-refractivity contribution in [1.82, 2.24) is 5.32 Å². The van der Waals surface area contributed by atoms with Gasteiger partial charge in [-0.15, -0.1) is 6.58 Å². The second-order valence-electron chi connectivity index (χ2n) is 10.1. The standard InChI is InChI=1S/C31H45N7O2/c1-4-22(26-20-23(30(33)37-34)12-14-28(26)35-2)16-17-36-31(39)24-13-15-29(27(32)21-24)38(18-8-9-19-40-3)25-10-6-5-7-11-25/h4,9,12-15,19-22,25,35H,1,5-8,10-11,16-18,32,34H2,2-3H3,(H2,33,37)(H,36,39)/b19-9-. The third-order valence-electron chi connectivity index (χ3n) is 7.56. The van der Waals surface area contributed by atoms with E-state index in [1.807, 2.05) is 49.5 Å². The summed E-state index contributed by atoms with van der Waals surface area (Å²) in [6, 6.07) is 11.8. The topological polar surface area (TPSA) is 144 Å². The molecule has 1 unspecified atom stereocenters. The fourth-order valence-electron chi connectivity index (χ4n) is 5.40. The van der Waals surface area contributed by atoms with Crippen LogP contribution < -0.4 is 32.8 Å². The monoisotopic (exact) mass is 547 g/mol. The lowest BCUT2D eigenvalue weighted by atomic mass is 9.92. The zero-order valence-electron chi connectivity index (χ0n) is 23.9. The highest BCUT2D eigenvalue weighted by Crippen LogP contribution is 2.32. The maximum absolute atomic E-state index is 13.0. The fourth-order valence-corrected chi connectivity index (χ4v) is 5.40. The minimum atomic E-state index is -0.157. The number of hydrogen-bond donors (Lipinski definition) is 5. The van der Waals surface area contributed by atoms with Crippen LogP contribution in [0.2, 0.25) is 0 Å². The van der Waals surface area contributed by atoms with Crippen molar-refractivity contribution in [2.24, 2.45) is 16.7 Å². The number of hydrogen-bond acceptors (Lipinski definition) is 7. The van der Waals surface area contributed by atoms with Crippen LogP contribution in [0.4, 0.5) is 17.1 Å². The number of rotatable bonds is 14. The van der Waals surface area contributed by atoms with Crippen LogP contribution in [-0.2, 0) is 4.74 Å². The zero-order chi connectivity index (χ0) is 28.9. The molecular weight excluding hydrogens is 502 g/mol. The zero-order valence-corrected chi connectivity index (χ0v) is 23.9. The molecule has 1 aliphatic rings. The number of carbonyl (C=O) groups excluding carboxylic acids is 1. The van der Waals surface area contributed by atoms with Crippen LogP contribution in [0.25, 0.3) is 0 Å².